The Balaban J connectivity index is 0.00000192. The van der Waals surface area contributed by atoms with Gasteiger partial charge in [0.25, 0.3) is 0 Å². The van der Waals surface area contributed by atoms with E-state index in [2.05, 4.69) is 79.8 Å². The van der Waals surface area contributed by atoms with Crippen LogP contribution in [0.15, 0.2) is 83.5 Å². The van der Waals surface area contributed by atoms with E-state index in [0.717, 1.165) is 17.3 Å². The van der Waals surface area contributed by atoms with Crippen molar-refractivity contribution in [1.29, 1.82) is 0 Å². The maximum absolute atomic E-state index is 6.17. The number of rotatable bonds is 2. The van der Waals surface area contributed by atoms with Crippen molar-refractivity contribution in [3.63, 3.8) is 0 Å². The molecule has 5 rings (SSSR count). The lowest BCUT2D eigenvalue weighted by molar-refractivity contribution is 0.439. The van der Waals surface area contributed by atoms with Gasteiger partial charge in [0.2, 0.25) is 0 Å². The number of anilines is 1. The molecule has 2 heterocycles. The Morgan fingerprint density at radius 1 is 1.00 bits per heavy atom. The molecule has 1 atom stereocenters. The van der Waals surface area contributed by atoms with Gasteiger partial charge in [-0.25, -0.2) is 0 Å². The summed E-state index contributed by atoms with van der Waals surface area (Å²) in [5.74, 6) is 2.91. The molecule has 4 heteroatoms. The molecule has 28 heavy (non-hydrogen) atoms. The Morgan fingerprint density at radius 2 is 1.79 bits per heavy atom. The second-order valence-corrected chi connectivity index (χ2v) is 9.04. The molecule has 0 bridgehead atoms. The zero-order valence-electron chi connectivity index (χ0n) is 15.9. The predicted molar refractivity (Wildman–Crippen MR) is 133 cm³/mol. The van der Waals surface area contributed by atoms with Gasteiger partial charge in [0.1, 0.15) is 11.5 Å². The summed E-state index contributed by atoms with van der Waals surface area (Å²) in [6.07, 6.45) is 4.32. The van der Waals surface area contributed by atoms with Crippen molar-refractivity contribution in [2.75, 3.05) is 11.1 Å². The SMILES string of the molecule is CCS1=C(C=C2C=C(C)c3ccccc3O2)Nc2c1ccc1ccccc21.I. The summed E-state index contributed by atoms with van der Waals surface area (Å²) < 4.78 is 6.17. The van der Waals surface area contributed by atoms with Gasteiger partial charge in [-0.1, -0.05) is 55.5 Å². The molecule has 2 aliphatic rings. The van der Waals surface area contributed by atoms with Crippen LogP contribution in [0.3, 0.4) is 0 Å². The Hall–Kier alpha value is -2.05. The molecule has 0 saturated carbocycles. The van der Waals surface area contributed by atoms with E-state index < -0.39 is 0 Å². The summed E-state index contributed by atoms with van der Waals surface area (Å²) >= 11 is 0. The number of para-hydroxylation sites is 1. The van der Waals surface area contributed by atoms with Gasteiger partial charge < -0.3 is 10.1 Å². The standard InChI is InChI=1S/C24H21NOS.HI/c1-3-27-22-13-12-17-8-4-5-10-20(17)24(22)25-23(27)15-18-14-16(2)19-9-6-7-11-21(19)26-18;/h4-15,25H,3H2,1-2H3;1H. The molecule has 0 aromatic heterocycles. The highest BCUT2D eigenvalue weighted by Gasteiger charge is 2.21. The van der Waals surface area contributed by atoms with E-state index >= 15 is 0 Å². The van der Waals surface area contributed by atoms with Gasteiger partial charge in [-0.05, 0) is 41.8 Å². The molecule has 0 saturated heterocycles. The van der Waals surface area contributed by atoms with E-state index in [9.17, 15) is 0 Å². The van der Waals surface area contributed by atoms with Crippen LogP contribution in [0.1, 0.15) is 19.4 Å². The normalized spacial score (nSPS) is 18.6. The quantitative estimate of drug-likeness (QED) is 0.232. The minimum Gasteiger partial charge on any atom is -0.457 e. The number of ether oxygens (including phenoxy) is 1. The van der Waals surface area contributed by atoms with Gasteiger partial charge >= 0.3 is 0 Å². The number of allylic oxidation sites excluding steroid dienone is 2. The molecule has 2 aliphatic heterocycles. The average molecular weight is 499 g/mol. The summed E-state index contributed by atoms with van der Waals surface area (Å²) in [5.41, 5.74) is 3.66. The fourth-order valence-electron chi connectivity index (χ4n) is 3.84. The van der Waals surface area contributed by atoms with Crippen molar-refractivity contribution in [1.82, 2.24) is 0 Å². The molecule has 3 aromatic rings. The highest BCUT2D eigenvalue weighted by Crippen LogP contribution is 2.44. The van der Waals surface area contributed by atoms with Crippen LogP contribution in [-0.2, 0) is 0 Å². The summed E-state index contributed by atoms with van der Waals surface area (Å²) in [4.78, 5) is 2.64. The number of hydrogen-bond donors (Lipinski definition) is 1. The first-order valence-electron chi connectivity index (χ1n) is 9.28. The molecule has 142 valence electrons. The lowest BCUT2D eigenvalue weighted by atomic mass is 10.0. The second kappa shape index (κ2) is 7.76. The van der Waals surface area contributed by atoms with E-state index in [-0.39, 0.29) is 34.5 Å². The van der Waals surface area contributed by atoms with Gasteiger partial charge in [0, 0.05) is 21.9 Å². The predicted octanol–water partition coefficient (Wildman–Crippen LogP) is 7.04. The molecule has 1 unspecified atom stereocenters. The van der Waals surface area contributed by atoms with Gasteiger partial charge in [-0.2, -0.15) is 0 Å². The van der Waals surface area contributed by atoms with Crippen molar-refractivity contribution in [3.8, 4) is 5.75 Å². The minimum absolute atomic E-state index is 0. The summed E-state index contributed by atoms with van der Waals surface area (Å²) in [6, 6.07) is 21.3. The third-order valence-corrected chi connectivity index (χ3v) is 7.33. The lowest BCUT2D eigenvalue weighted by Crippen LogP contribution is -2.09. The third-order valence-electron chi connectivity index (χ3n) is 5.13. The van der Waals surface area contributed by atoms with Crippen LogP contribution in [0.5, 0.6) is 5.75 Å². The molecule has 0 aliphatic carbocycles. The van der Waals surface area contributed by atoms with Crippen molar-refractivity contribution >= 4 is 61.5 Å². The van der Waals surface area contributed by atoms with Gasteiger partial charge in [-0.3, -0.25) is 0 Å². The van der Waals surface area contributed by atoms with Crippen LogP contribution in [0.25, 0.3) is 16.3 Å². The molecule has 0 fully saturated rings. The zero-order chi connectivity index (χ0) is 18.4. The third kappa shape index (κ3) is 3.18. The molecular weight excluding hydrogens is 477 g/mol. The Labute approximate surface area is 185 Å². The molecular formula is C24H22INOS. The average Bonchev–Trinajstić information content (AvgIpc) is 3.05. The first-order valence-corrected chi connectivity index (χ1v) is 10.7. The lowest BCUT2D eigenvalue weighted by Gasteiger charge is -2.18. The number of hydrogen-bond acceptors (Lipinski definition) is 2. The van der Waals surface area contributed by atoms with E-state index in [4.69, 9.17) is 4.74 Å². The minimum atomic E-state index is 0. The number of benzene rings is 3. The van der Waals surface area contributed by atoms with Crippen molar-refractivity contribution in [2.24, 2.45) is 0 Å². The van der Waals surface area contributed by atoms with E-state index in [1.165, 1.54) is 37.5 Å². The summed E-state index contributed by atoms with van der Waals surface area (Å²) in [7, 11) is 0.0462. The fraction of sp³-hybridized carbons (Fsp3) is 0.125. The van der Waals surface area contributed by atoms with Crippen molar-refractivity contribution in [2.45, 2.75) is 18.7 Å². The molecule has 0 amide bonds. The van der Waals surface area contributed by atoms with E-state index in [1.807, 2.05) is 12.1 Å². The van der Waals surface area contributed by atoms with Crippen LogP contribution in [-0.4, -0.2) is 10.7 Å². The Kier molecular flexibility index (Phi) is 5.34. The van der Waals surface area contributed by atoms with Crippen LogP contribution in [0.4, 0.5) is 5.69 Å². The van der Waals surface area contributed by atoms with Gasteiger partial charge in [0.15, 0.2) is 0 Å². The van der Waals surface area contributed by atoms with Crippen LogP contribution >= 0.6 is 34.5 Å². The van der Waals surface area contributed by atoms with Crippen molar-refractivity contribution in [3.05, 3.63) is 84.1 Å². The van der Waals surface area contributed by atoms with Gasteiger partial charge in [0.05, 0.1) is 10.7 Å². The first kappa shape index (κ1) is 19.3. The Bertz CT molecular complexity index is 1180. The zero-order valence-corrected chi connectivity index (χ0v) is 19.0. The number of halogens is 1. The highest BCUT2D eigenvalue weighted by molar-refractivity contribution is 14.0. The topological polar surface area (TPSA) is 21.3 Å². The van der Waals surface area contributed by atoms with E-state index in [0.29, 0.717) is 0 Å². The number of fused-ring (bicyclic) bond motifs is 4. The molecule has 1 N–H and O–H groups in total. The fourth-order valence-corrected chi connectivity index (χ4v) is 5.82. The Morgan fingerprint density at radius 3 is 2.64 bits per heavy atom. The largest absolute Gasteiger partial charge is 0.457 e. The van der Waals surface area contributed by atoms with Gasteiger partial charge in [-0.15, -0.1) is 34.5 Å². The molecule has 0 radical (unpaired) electrons. The van der Waals surface area contributed by atoms with Crippen LogP contribution < -0.4 is 10.1 Å². The first-order chi connectivity index (χ1) is 13.2. The maximum atomic E-state index is 6.17. The van der Waals surface area contributed by atoms with Crippen molar-refractivity contribution < 1.29 is 4.74 Å². The van der Waals surface area contributed by atoms with Crippen LogP contribution in [0, 0.1) is 0 Å². The van der Waals surface area contributed by atoms with Crippen LogP contribution in [0.2, 0.25) is 0 Å². The monoisotopic (exact) mass is 499 g/mol. The number of nitrogens with one attached hydrogen (secondary N) is 1. The molecule has 2 nitrogen and oxygen atoms in total. The second-order valence-electron chi connectivity index (χ2n) is 6.80. The highest BCUT2D eigenvalue weighted by atomic mass is 127. The van der Waals surface area contributed by atoms with E-state index in [1.54, 1.807) is 0 Å². The molecule has 0 spiro atoms. The smallest absolute Gasteiger partial charge is 0.134 e. The maximum Gasteiger partial charge on any atom is 0.134 e. The summed E-state index contributed by atoms with van der Waals surface area (Å²) in [6.45, 7) is 4.40. The molecule has 3 aromatic carbocycles. The summed E-state index contributed by atoms with van der Waals surface area (Å²) in [5, 5.41) is 6.27.